The molecule has 0 aliphatic carbocycles. The van der Waals surface area contributed by atoms with Gasteiger partial charge in [-0.1, -0.05) is 23.2 Å². The van der Waals surface area contributed by atoms with Gasteiger partial charge in [-0.2, -0.15) is 0 Å². The van der Waals surface area contributed by atoms with Gasteiger partial charge in [-0.3, -0.25) is 19.3 Å². The number of nitrogens with zero attached hydrogens (tertiary/aromatic N) is 2. The minimum Gasteiger partial charge on any atom is -0.376 e. The lowest BCUT2D eigenvalue weighted by molar-refractivity contribution is -0.128. The molecule has 0 aromatic heterocycles. The zero-order valence-corrected chi connectivity index (χ0v) is 22.1. The normalized spacial score (nSPS) is 22.6. The Hall–Kier alpha value is -2.72. The fraction of sp³-hybridized carbons (Fsp3) is 0.444. The standard InChI is InChI=1S/C27H28Cl2FN3O5/c28-21-8-5-18(14-22(21)29)25(35)32-11-9-27(10-12-32)33(26(36)17-3-6-19(30)7-4-17)23(16-38-27)24(34)31-15-20-2-1-13-37-20/h3-8,14,20,23H,1-2,9-13,15-16H2,(H,31,34). The van der Waals surface area contributed by atoms with Crippen molar-refractivity contribution in [3.05, 3.63) is 69.5 Å². The van der Waals surface area contributed by atoms with E-state index in [-0.39, 0.29) is 35.1 Å². The first kappa shape index (κ1) is 26.9. The fourth-order valence-electron chi connectivity index (χ4n) is 5.31. The van der Waals surface area contributed by atoms with Crippen LogP contribution in [0.5, 0.6) is 0 Å². The predicted molar refractivity (Wildman–Crippen MR) is 139 cm³/mol. The van der Waals surface area contributed by atoms with Crippen molar-refractivity contribution in [1.82, 2.24) is 15.1 Å². The summed E-state index contributed by atoms with van der Waals surface area (Å²) in [6, 6.07) is 9.07. The topological polar surface area (TPSA) is 88.2 Å². The zero-order valence-electron chi connectivity index (χ0n) is 20.6. The molecule has 8 nitrogen and oxygen atoms in total. The summed E-state index contributed by atoms with van der Waals surface area (Å²) in [5, 5.41) is 3.56. The van der Waals surface area contributed by atoms with Gasteiger partial charge < -0.3 is 19.7 Å². The molecule has 2 aromatic rings. The van der Waals surface area contributed by atoms with Crippen LogP contribution in [0.4, 0.5) is 4.39 Å². The molecular weight excluding hydrogens is 536 g/mol. The van der Waals surface area contributed by atoms with E-state index in [0.29, 0.717) is 49.7 Å². The van der Waals surface area contributed by atoms with Gasteiger partial charge in [0.1, 0.15) is 17.6 Å². The van der Waals surface area contributed by atoms with Crippen molar-refractivity contribution >= 4 is 40.9 Å². The van der Waals surface area contributed by atoms with Gasteiger partial charge in [-0.15, -0.1) is 0 Å². The molecule has 2 unspecified atom stereocenters. The SMILES string of the molecule is O=C(NCC1CCCO1)C1COC2(CCN(C(=O)c3ccc(Cl)c(Cl)c3)CC2)N1C(=O)c1ccc(F)cc1. The number of hydrogen-bond donors (Lipinski definition) is 1. The number of nitrogens with one attached hydrogen (secondary N) is 1. The number of carbonyl (C=O) groups is 3. The van der Waals surface area contributed by atoms with Crippen LogP contribution in [-0.4, -0.2) is 78.2 Å². The Morgan fingerprint density at radius 2 is 1.71 bits per heavy atom. The average Bonchev–Trinajstić information content (AvgIpc) is 3.57. The molecule has 3 aliphatic rings. The van der Waals surface area contributed by atoms with Gasteiger partial charge in [0.15, 0.2) is 0 Å². The van der Waals surface area contributed by atoms with Crippen LogP contribution in [0.15, 0.2) is 42.5 Å². The third-order valence-electron chi connectivity index (χ3n) is 7.40. The third kappa shape index (κ3) is 5.38. The lowest BCUT2D eigenvalue weighted by atomic mass is 9.96. The molecule has 0 radical (unpaired) electrons. The summed E-state index contributed by atoms with van der Waals surface area (Å²) in [4.78, 5) is 43.2. The van der Waals surface area contributed by atoms with E-state index in [1.54, 1.807) is 17.0 Å². The number of rotatable bonds is 5. The molecule has 1 spiro atoms. The first-order valence-electron chi connectivity index (χ1n) is 12.6. The van der Waals surface area contributed by atoms with Crippen molar-refractivity contribution in [3.63, 3.8) is 0 Å². The van der Waals surface area contributed by atoms with Gasteiger partial charge in [-0.05, 0) is 55.3 Å². The van der Waals surface area contributed by atoms with E-state index in [0.717, 1.165) is 12.8 Å². The number of piperidine rings is 1. The maximum absolute atomic E-state index is 13.7. The Kier molecular flexibility index (Phi) is 7.90. The first-order chi connectivity index (χ1) is 18.3. The Morgan fingerprint density at radius 3 is 2.37 bits per heavy atom. The van der Waals surface area contributed by atoms with Crippen LogP contribution in [0.1, 0.15) is 46.4 Å². The molecular formula is C27H28Cl2FN3O5. The second-order valence-electron chi connectivity index (χ2n) is 9.76. The van der Waals surface area contributed by atoms with Crippen molar-refractivity contribution in [2.24, 2.45) is 0 Å². The number of ether oxygens (including phenoxy) is 2. The molecule has 3 amide bonds. The number of hydrogen-bond acceptors (Lipinski definition) is 5. The molecule has 0 bridgehead atoms. The monoisotopic (exact) mass is 563 g/mol. The van der Waals surface area contributed by atoms with Gasteiger partial charge >= 0.3 is 0 Å². The average molecular weight is 564 g/mol. The van der Waals surface area contributed by atoms with Crippen molar-refractivity contribution in [3.8, 4) is 0 Å². The fourth-order valence-corrected chi connectivity index (χ4v) is 5.61. The maximum Gasteiger partial charge on any atom is 0.256 e. The highest BCUT2D eigenvalue weighted by atomic mass is 35.5. The van der Waals surface area contributed by atoms with Crippen LogP contribution in [0.3, 0.4) is 0 Å². The van der Waals surface area contributed by atoms with Crippen molar-refractivity contribution < 1.29 is 28.2 Å². The van der Waals surface area contributed by atoms with E-state index in [4.69, 9.17) is 32.7 Å². The number of amides is 3. The lowest BCUT2D eigenvalue weighted by Gasteiger charge is -2.44. The molecule has 2 aromatic carbocycles. The van der Waals surface area contributed by atoms with E-state index in [9.17, 15) is 18.8 Å². The van der Waals surface area contributed by atoms with Crippen LogP contribution in [-0.2, 0) is 14.3 Å². The number of carbonyl (C=O) groups excluding carboxylic acids is 3. The largest absolute Gasteiger partial charge is 0.376 e. The van der Waals surface area contributed by atoms with Crippen molar-refractivity contribution in [1.29, 1.82) is 0 Å². The summed E-state index contributed by atoms with van der Waals surface area (Å²) < 4.78 is 25.4. The Bertz CT molecular complexity index is 1210. The summed E-state index contributed by atoms with van der Waals surface area (Å²) in [5.41, 5.74) is -0.415. The molecule has 3 saturated heterocycles. The van der Waals surface area contributed by atoms with Gasteiger partial charge in [0.2, 0.25) is 5.91 Å². The van der Waals surface area contributed by atoms with Crippen molar-refractivity contribution in [2.45, 2.75) is 43.6 Å². The molecule has 5 rings (SSSR count). The lowest BCUT2D eigenvalue weighted by Crippen LogP contribution is -2.60. The summed E-state index contributed by atoms with van der Waals surface area (Å²) in [6.07, 6.45) is 2.38. The van der Waals surface area contributed by atoms with Crippen LogP contribution in [0, 0.1) is 5.82 Å². The van der Waals surface area contributed by atoms with Crippen molar-refractivity contribution in [2.75, 3.05) is 32.8 Å². The van der Waals surface area contributed by atoms with Gasteiger partial charge in [-0.25, -0.2) is 4.39 Å². The molecule has 38 heavy (non-hydrogen) atoms. The van der Waals surface area contributed by atoms with E-state index < -0.39 is 23.5 Å². The smallest absolute Gasteiger partial charge is 0.256 e. The van der Waals surface area contributed by atoms with Gasteiger partial charge in [0, 0.05) is 50.2 Å². The summed E-state index contributed by atoms with van der Waals surface area (Å²) in [6.45, 7) is 1.65. The number of likely N-dealkylation sites (tertiary alicyclic amines) is 1. The molecule has 3 aliphatic heterocycles. The minimum absolute atomic E-state index is 0.0189. The molecule has 1 N–H and O–H groups in total. The highest BCUT2D eigenvalue weighted by Crippen LogP contribution is 2.39. The third-order valence-corrected chi connectivity index (χ3v) is 8.14. The van der Waals surface area contributed by atoms with Crippen LogP contribution < -0.4 is 5.32 Å². The van der Waals surface area contributed by atoms with Crippen LogP contribution >= 0.6 is 23.2 Å². The Balaban J connectivity index is 1.34. The molecule has 11 heteroatoms. The zero-order chi connectivity index (χ0) is 26.9. The number of halogens is 3. The predicted octanol–water partition coefficient (Wildman–Crippen LogP) is 3.90. The minimum atomic E-state index is -1.08. The molecule has 202 valence electrons. The quantitative estimate of drug-likeness (QED) is 0.596. The summed E-state index contributed by atoms with van der Waals surface area (Å²) in [7, 11) is 0. The molecule has 2 atom stereocenters. The summed E-state index contributed by atoms with van der Waals surface area (Å²) >= 11 is 12.1. The Labute approximate surface area is 229 Å². The van der Waals surface area contributed by atoms with Crippen LogP contribution in [0.25, 0.3) is 0 Å². The maximum atomic E-state index is 13.7. The molecule has 3 fully saturated rings. The molecule has 3 heterocycles. The van der Waals surface area contributed by atoms with E-state index in [1.807, 2.05) is 0 Å². The highest BCUT2D eigenvalue weighted by Gasteiger charge is 2.54. The van der Waals surface area contributed by atoms with Gasteiger partial charge in [0.25, 0.3) is 11.8 Å². The second-order valence-corrected chi connectivity index (χ2v) is 10.6. The number of benzene rings is 2. The van der Waals surface area contributed by atoms with E-state index in [2.05, 4.69) is 5.32 Å². The van der Waals surface area contributed by atoms with E-state index in [1.165, 1.54) is 35.2 Å². The summed E-state index contributed by atoms with van der Waals surface area (Å²) in [5.74, 6) is -1.43. The highest BCUT2D eigenvalue weighted by molar-refractivity contribution is 6.42. The van der Waals surface area contributed by atoms with Gasteiger partial charge in [0.05, 0.1) is 22.8 Å². The Morgan fingerprint density at radius 1 is 1.00 bits per heavy atom. The van der Waals surface area contributed by atoms with E-state index >= 15 is 0 Å². The second kappa shape index (κ2) is 11.2. The molecule has 0 saturated carbocycles. The first-order valence-corrected chi connectivity index (χ1v) is 13.4. The van der Waals surface area contributed by atoms with Crippen LogP contribution in [0.2, 0.25) is 10.0 Å².